The van der Waals surface area contributed by atoms with E-state index in [1.165, 1.54) is 0 Å². The lowest BCUT2D eigenvalue weighted by molar-refractivity contribution is -0.119. The average molecular weight is 283 g/mol. The fourth-order valence-electron chi connectivity index (χ4n) is 1.78. The molecule has 0 radical (unpaired) electrons. The average Bonchev–Trinajstić information content (AvgIpc) is 3.12. The van der Waals surface area contributed by atoms with Crippen molar-refractivity contribution in [2.24, 2.45) is 0 Å². The van der Waals surface area contributed by atoms with Gasteiger partial charge in [0.05, 0.1) is 6.54 Å². The zero-order chi connectivity index (χ0) is 13.8. The molecule has 1 saturated carbocycles. The lowest BCUT2D eigenvalue weighted by atomic mass is 10.3. The van der Waals surface area contributed by atoms with Crippen LogP contribution in [0.1, 0.15) is 32.0 Å². The Morgan fingerprint density at radius 2 is 2.26 bits per heavy atom. The standard InChI is InChI=1S/C13H19ClN4O/c1-3-4-11-16-10(14)7-12(17-11)18(2)8-13(19)15-9-5-6-9/h7,9H,3-6,8H2,1-2H3,(H,15,19). The van der Waals surface area contributed by atoms with Gasteiger partial charge in [-0.15, -0.1) is 0 Å². The highest BCUT2D eigenvalue weighted by molar-refractivity contribution is 6.29. The van der Waals surface area contributed by atoms with Crippen LogP contribution in [0.25, 0.3) is 0 Å². The molecule has 1 heterocycles. The predicted octanol–water partition coefficient (Wildman–Crippen LogP) is 1.80. The third-order valence-corrected chi connectivity index (χ3v) is 3.11. The molecule has 1 amide bonds. The van der Waals surface area contributed by atoms with Crippen LogP contribution in [0.5, 0.6) is 0 Å². The number of carbonyl (C=O) groups is 1. The first-order valence-electron chi connectivity index (χ1n) is 6.62. The molecule has 0 saturated heterocycles. The Kier molecular flexibility index (Phi) is 4.58. The molecule has 1 aromatic rings. The maximum absolute atomic E-state index is 11.7. The van der Waals surface area contributed by atoms with Crippen molar-refractivity contribution in [3.05, 3.63) is 17.0 Å². The molecule has 104 valence electrons. The number of anilines is 1. The third kappa shape index (κ3) is 4.35. The van der Waals surface area contributed by atoms with E-state index in [9.17, 15) is 4.79 Å². The fourth-order valence-corrected chi connectivity index (χ4v) is 1.98. The number of carbonyl (C=O) groups excluding carboxylic acids is 1. The molecule has 0 unspecified atom stereocenters. The van der Waals surface area contributed by atoms with E-state index in [1.807, 2.05) is 7.05 Å². The van der Waals surface area contributed by atoms with Crippen LogP contribution in [-0.4, -0.2) is 35.5 Å². The number of amides is 1. The van der Waals surface area contributed by atoms with Crippen LogP contribution in [0, 0.1) is 0 Å². The van der Waals surface area contributed by atoms with Gasteiger partial charge in [0.25, 0.3) is 0 Å². The number of rotatable bonds is 6. The van der Waals surface area contributed by atoms with E-state index >= 15 is 0 Å². The van der Waals surface area contributed by atoms with Gasteiger partial charge in [-0.05, 0) is 19.3 Å². The molecule has 0 bridgehead atoms. The van der Waals surface area contributed by atoms with Gasteiger partial charge in [0, 0.05) is 25.6 Å². The van der Waals surface area contributed by atoms with E-state index in [4.69, 9.17) is 11.6 Å². The zero-order valence-electron chi connectivity index (χ0n) is 11.3. The van der Waals surface area contributed by atoms with Crippen LogP contribution < -0.4 is 10.2 Å². The Labute approximate surface area is 118 Å². The second-order valence-corrected chi connectivity index (χ2v) is 5.30. The maximum Gasteiger partial charge on any atom is 0.239 e. The zero-order valence-corrected chi connectivity index (χ0v) is 12.1. The number of nitrogens with one attached hydrogen (secondary N) is 1. The summed E-state index contributed by atoms with van der Waals surface area (Å²) in [4.78, 5) is 22.1. The molecule has 0 aliphatic heterocycles. The van der Waals surface area contributed by atoms with Gasteiger partial charge in [0.2, 0.25) is 5.91 Å². The monoisotopic (exact) mass is 282 g/mol. The molecular formula is C13H19ClN4O. The molecule has 5 nitrogen and oxygen atoms in total. The molecule has 1 aliphatic rings. The molecule has 2 rings (SSSR count). The van der Waals surface area contributed by atoms with E-state index in [-0.39, 0.29) is 12.5 Å². The number of hydrogen-bond donors (Lipinski definition) is 1. The van der Waals surface area contributed by atoms with Crippen LogP contribution in [0.2, 0.25) is 5.15 Å². The lowest BCUT2D eigenvalue weighted by Crippen LogP contribution is -2.36. The fraction of sp³-hybridized carbons (Fsp3) is 0.615. The lowest BCUT2D eigenvalue weighted by Gasteiger charge is -2.18. The first-order chi connectivity index (χ1) is 9.08. The summed E-state index contributed by atoms with van der Waals surface area (Å²) in [6, 6.07) is 2.07. The SMILES string of the molecule is CCCc1nc(Cl)cc(N(C)CC(=O)NC2CC2)n1. The van der Waals surface area contributed by atoms with Gasteiger partial charge in [-0.25, -0.2) is 9.97 Å². The van der Waals surface area contributed by atoms with Crippen LogP contribution >= 0.6 is 11.6 Å². The summed E-state index contributed by atoms with van der Waals surface area (Å²) in [5.41, 5.74) is 0. The van der Waals surface area contributed by atoms with Crippen molar-refractivity contribution >= 4 is 23.3 Å². The van der Waals surface area contributed by atoms with Crippen molar-refractivity contribution in [1.29, 1.82) is 0 Å². The topological polar surface area (TPSA) is 58.1 Å². The van der Waals surface area contributed by atoms with Crippen LogP contribution in [0.3, 0.4) is 0 Å². The second-order valence-electron chi connectivity index (χ2n) is 4.91. The summed E-state index contributed by atoms with van der Waals surface area (Å²) >= 11 is 5.98. The second kappa shape index (κ2) is 6.19. The van der Waals surface area contributed by atoms with E-state index in [0.29, 0.717) is 17.0 Å². The van der Waals surface area contributed by atoms with Crippen LogP contribution in [0.4, 0.5) is 5.82 Å². The Balaban J connectivity index is 2.00. The van der Waals surface area contributed by atoms with E-state index in [2.05, 4.69) is 22.2 Å². The van der Waals surface area contributed by atoms with Gasteiger partial charge in [0.15, 0.2) is 0 Å². The van der Waals surface area contributed by atoms with Crippen LogP contribution in [-0.2, 0) is 11.2 Å². The molecule has 1 aliphatic carbocycles. The normalized spacial score (nSPS) is 14.3. The van der Waals surface area contributed by atoms with Gasteiger partial charge < -0.3 is 10.2 Å². The van der Waals surface area contributed by atoms with Crippen molar-refractivity contribution < 1.29 is 4.79 Å². The molecule has 19 heavy (non-hydrogen) atoms. The van der Waals surface area contributed by atoms with Gasteiger partial charge in [0.1, 0.15) is 16.8 Å². The summed E-state index contributed by atoms with van der Waals surface area (Å²) in [6.45, 7) is 2.35. The van der Waals surface area contributed by atoms with Crippen molar-refractivity contribution in [2.45, 2.75) is 38.6 Å². The van der Waals surface area contributed by atoms with Gasteiger partial charge in [-0.2, -0.15) is 0 Å². The predicted molar refractivity (Wildman–Crippen MR) is 75.5 cm³/mol. The summed E-state index contributed by atoms with van der Waals surface area (Å²) in [6.07, 6.45) is 3.94. The highest BCUT2D eigenvalue weighted by atomic mass is 35.5. The number of hydrogen-bond acceptors (Lipinski definition) is 4. The van der Waals surface area contributed by atoms with Crippen molar-refractivity contribution in [2.75, 3.05) is 18.5 Å². The van der Waals surface area contributed by atoms with Gasteiger partial charge >= 0.3 is 0 Å². The first kappa shape index (κ1) is 14.1. The number of likely N-dealkylation sites (N-methyl/N-ethyl adjacent to an activating group) is 1. The number of halogens is 1. The van der Waals surface area contributed by atoms with E-state index in [0.717, 1.165) is 31.5 Å². The first-order valence-corrected chi connectivity index (χ1v) is 7.00. The molecule has 6 heteroatoms. The molecule has 1 fully saturated rings. The number of aromatic nitrogens is 2. The minimum Gasteiger partial charge on any atom is -0.352 e. The third-order valence-electron chi connectivity index (χ3n) is 2.92. The van der Waals surface area contributed by atoms with Crippen molar-refractivity contribution in [3.63, 3.8) is 0 Å². The minimum absolute atomic E-state index is 0.0248. The van der Waals surface area contributed by atoms with Gasteiger partial charge in [-0.1, -0.05) is 18.5 Å². The quantitative estimate of drug-likeness (QED) is 0.809. The Bertz CT molecular complexity index is 462. The number of nitrogens with zero attached hydrogens (tertiary/aromatic N) is 3. The number of aryl methyl sites for hydroxylation is 1. The van der Waals surface area contributed by atoms with E-state index in [1.54, 1.807) is 11.0 Å². The highest BCUT2D eigenvalue weighted by Gasteiger charge is 2.23. The molecule has 1 aromatic heterocycles. The summed E-state index contributed by atoms with van der Waals surface area (Å²) in [5.74, 6) is 1.44. The Hall–Kier alpha value is -1.36. The van der Waals surface area contributed by atoms with Crippen molar-refractivity contribution in [1.82, 2.24) is 15.3 Å². The smallest absolute Gasteiger partial charge is 0.239 e. The van der Waals surface area contributed by atoms with E-state index < -0.39 is 0 Å². The summed E-state index contributed by atoms with van der Waals surface area (Å²) < 4.78 is 0. The summed E-state index contributed by atoms with van der Waals surface area (Å²) in [5, 5.41) is 3.37. The molecule has 0 atom stereocenters. The molecule has 0 aromatic carbocycles. The minimum atomic E-state index is 0.0248. The van der Waals surface area contributed by atoms with Gasteiger partial charge in [-0.3, -0.25) is 4.79 Å². The Morgan fingerprint density at radius 1 is 1.53 bits per heavy atom. The van der Waals surface area contributed by atoms with Crippen LogP contribution in [0.15, 0.2) is 6.07 Å². The molecule has 1 N–H and O–H groups in total. The Morgan fingerprint density at radius 3 is 2.89 bits per heavy atom. The molecule has 0 spiro atoms. The molecular weight excluding hydrogens is 264 g/mol. The highest BCUT2D eigenvalue weighted by Crippen LogP contribution is 2.19. The van der Waals surface area contributed by atoms with Crippen molar-refractivity contribution in [3.8, 4) is 0 Å². The largest absolute Gasteiger partial charge is 0.352 e. The maximum atomic E-state index is 11.7. The summed E-state index contributed by atoms with van der Waals surface area (Å²) in [7, 11) is 1.83.